The molecule has 0 fully saturated rings. The van der Waals surface area contributed by atoms with E-state index in [0.717, 1.165) is 28.3 Å². The predicted molar refractivity (Wildman–Crippen MR) is 126 cm³/mol. The Labute approximate surface area is 195 Å². The minimum atomic E-state index is -0.294. The van der Waals surface area contributed by atoms with Gasteiger partial charge in [-0.1, -0.05) is 24.3 Å². The van der Waals surface area contributed by atoms with Gasteiger partial charge in [0.05, 0.1) is 18.5 Å². The van der Waals surface area contributed by atoms with Crippen LogP contribution in [-0.4, -0.2) is 42.5 Å². The van der Waals surface area contributed by atoms with Crippen molar-refractivity contribution in [3.05, 3.63) is 103 Å². The van der Waals surface area contributed by atoms with Crippen LogP contribution >= 0.6 is 0 Å². The Hall–Kier alpha value is -4.79. The van der Waals surface area contributed by atoms with Gasteiger partial charge in [-0.2, -0.15) is 10.2 Å². The third kappa shape index (κ3) is 4.26. The molecular formula is C25H21N7O2. The third-order valence-corrected chi connectivity index (χ3v) is 5.27. The number of carbonyl (C=O) groups is 1. The Morgan fingerprint density at radius 2 is 1.85 bits per heavy atom. The second-order valence-corrected chi connectivity index (χ2v) is 7.40. The maximum absolute atomic E-state index is 13.1. The van der Waals surface area contributed by atoms with Crippen LogP contribution in [0.5, 0.6) is 5.75 Å². The number of methoxy groups -OCH3 is 1. The molecular weight excluding hydrogens is 430 g/mol. The van der Waals surface area contributed by atoms with Crippen LogP contribution in [0.2, 0.25) is 0 Å². The van der Waals surface area contributed by atoms with Crippen LogP contribution in [0.25, 0.3) is 22.8 Å². The fourth-order valence-corrected chi connectivity index (χ4v) is 3.58. The zero-order chi connectivity index (χ0) is 23.3. The van der Waals surface area contributed by atoms with Gasteiger partial charge in [0.25, 0.3) is 5.91 Å². The van der Waals surface area contributed by atoms with Gasteiger partial charge in [0, 0.05) is 23.9 Å². The van der Waals surface area contributed by atoms with E-state index in [9.17, 15) is 4.79 Å². The second kappa shape index (κ2) is 9.37. The Morgan fingerprint density at radius 1 is 1.03 bits per heavy atom. The van der Waals surface area contributed by atoms with Crippen LogP contribution in [0.15, 0.2) is 91.6 Å². The van der Waals surface area contributed by atoms with Gasteiger partial charge in [-0.3, -0.25) is 4.79 Å². The molecule has 34 heavy (non-hydrogen) atoms. The van der Waals surface area contributed by atoms with Crippen molar-refractivity contribution in [3.8, 4) is 28.5 Å². The van der Waals surface area contributed by atoms with Gasteiger partial charge in [-0.15, -0.1) is 0 Å². The smallest absolute Gasteiger partial charge is 0.272 e. The molecule has 5 rings (SSSR count). The summed E-state index contributed by atoms with van der Waals surface area (Å²) in [5, 5.41) is 11.7. The number of aromatic nitrogens is 6. The molecule has 0 atom stereocenters. The van der Waals surface area contributed by atoms with Crippen molar-refractivity contribution < 1.29 is 9.53 Å². The highest BCUT2D eigenvalue weighted by Gasteiger charge is 2.17. The summed E-state index contributed by atoms with van der Waals surface area (Å²) in [4.78, 5) is 21.4. The number of nitrogens with zero attached hydrogens (tertiary/aromatic N) is 6. The standard InChI is InChI=1S/C25H21N7O2/c1-34-21-11-9-18(10-12-21)23-14-22(30-32(23)20-7-3-2-4-8-20)25(33)28-15-19-6-5-13-27-24(19)31-17-26-16-29-31/h2-14,16-17H,15H2,1H3,(H,28,33). The quantitative estimate of drug-likeness (QED) is 0.407. The van der Waals surface area contributed by atoms with E-state index in [1.165, 1.54) is 6.33 Å². The number of rotatable bonds is 7. The van der Waals surface area contributed by atoms with Crippen LogP contribution < -0.4 is 10.1 Å². The Balaban J connectivity index is 1.44. The summed E-state index contributed by atoms with van der Waals surface area (Å²) < 4.78 is 8.60. The van der Waals surface area contributed by atoms with Crippen LogP contribution in [0.1, 0.15) is 16.1 Å². The van der Waals surface area contributed by atoms with Crippen molar-refractivity contribution in [1.29, 1.82) is 0 Å². The average molecular weight is 451 g/mol. The first-order valence-corrected chi connectivity index (χ1v) is 10.6. The molecule has 0 aliphatic rings. The normalized spacial score (nSPS) is 10.7. The molecule has 0 aliphatic carbocycles. The van der Waals surface area contributed by atoms with Crippen molar-refractivity contribution in [3.63, 3.8) is 0 Å². The minimum Gasteiger partial charge on any atom is -0.497 e. The van der Waals surface area contributed by atoms with Crippen LogP contribution in [0.3, 0.4) is 0 Å². The van der Waals surface area contributed by atoms with Gasteiger partial charge in [-0.05, 0) is 48.5 Å². The van der Waals surface area contributed by atoms with Gasteiger partial charge >= 0.3 is 0 Å². The average Bonchev–Trinajstić information content (AvgIpc) is 3.59. The van der Waals surface area contributed by atoms with E-state index >= 15 is 0 Å². The first-order chi connectivity index (χ1) is 16.7. The summed E-state index contributed by atoms with van der Waals surface area (Å²) in [7, 11) is 1.63. The van der Waals surface area contributed by atoms with Crippen LogP contribution in [0, 0.1) is 0 Å². The number of pyridine rings is 1. The maximum atomic E-state index is 13.1. The number of para-hydroxylation sites is 1. The molecule has 1 N–H and O–H groups in total. The molecule has 0 saturated carbocycles. The van der Waals surface area contributed by atoms with Crippen molar-refractivity contribution in [2.45, 2.75) is 6.54 Å². The molecule has 3 aromatic heterocycles. The number of nitrogens with one attached hydrogen (secondary N) is 1. The van der Waals surface area contributed by atoms with Crippen LogP contribution in [0.4, 0.5) is 0 Å². The van der Waals surface area contributed by atoms with Crippen molar-refractivity contribution >= 4 is 5.91 Å². The maximum Gasteiger partial charge on any atom is 0.272 e. The van der Waals surface area contributed by atoms with E-state index < -0.39 is 0 Å². The number of carbonyl (C=O) groups excluding carboxylic acids is 1. The molecule has 9 nitrogen and oxygen atoms in total. The van der Waals surface area contributed by atoms with Gasteiger partial charge < -0.3 is 10.1 Å². The zero-order valence-corrected chi connectivity index (χ0v) is 18.4. The highest BCUT2D eigenvalue weighted by Crippen LogP contribution is 2.26. The predicted octanol–water partition coefficient (Wildman–Crippen LogP) is 3.45. The summed E-state index contributed by atoms with van der Waals surface area (Å²) in [5.74, 6) is 1.07. The molecule has 0 aliphatic heterocycles. The van der Waals surface area contributed by atoms with Crippen molar-refractivity contribution in [2.24, 2.45) is 0 Å². The number of ether oxygens (including phenoxy) is 1. The number of hydrogen-bond acceptors (Lipinski definition) is 6. The minimum absolute atomic E-state index is 0.262. The fourth-order valence-electron chi connectivity index (χ4n) is 3.58. The van der Waals surface area contributed by atoms with E-state index in [-0.39, 0.29) is 12.5 Å². The van der Waals surface area contributed by atoms with Gasteiger partial charge in [-0.25, -0.2) is 19.3 Å². The van der Waals surface area contributed by atoms with Gasteiger partial charge in [0.1, 0.15) is 18.4 Å². The van der Waals surface area contributed by atoms with E-state index in [0.29, 0.717) is 11.5 Å². The molecule has 0 radical (unpaired) electrons. The topological polar surface area (TPSA) is 99.8 Å². The lowest BCUT2D eigenvalue weighted by molar-refractivity contribution is 0.0945. The molecule has 0 saturated heterocycles. The van der Waals surface area contributed by atoms with Gasteiger partial charge in [0.15, 0.2) is 11.5 Å². The number of amides is 1. The number of benzene rings is 2. The summed E-state index contributed by atoms with van der Waals surface area (Å²) in [6, 6.07) is 22.8. The Kier molecular flexibility index (Phi) is 5.81. The fraction of sp³-hybridized carbons (Fsp3) is 0.0800. The second-order valence-electron chi connectivity index (χ2n) is 7.40. The van der Waals surface area contributed by atoms with Gasteiger partial charge in [0.2, 0.25) is 0 Å². The number of hydrogen-bond donors (Lipinski definition) is 1. The van der Waals surface area contributed by atoms with Crippen molar-refractivity contribution in [2.75, 3.05) is 7.11 Å². The van der Waals surface area contributed by atoms with E-state index in [1.807, 2.05) is 66.7 Å². The lowest BCUT2D eigenvalue weighted by Gasteiger charge is -2.08. The molecule has 3 heterocycles. The summed E-state index contributed by atoms with van der Waals surface area (Å²) in [6.07, 6.45) is 4.68. The summed E-state index contributed by atoms with van der Waals surface area (Å²) in [6.45, 7) is 0.262. The SMILES string of the molecule is COc1ccc(-c2cc(C(=O)NCc3cccnc3-n3cncn3)nn2-c2ccccc2)cc1. The highest BCUT2D eigenvalue weighted by molar-refractivity contribution is 5.93. The van der Waals surface area contributed by atoms with E-state index in [2.05, 4.69) is 25.5 Å². The van der Waals surface area contributed by atoms with Crippen LogP contribution in [-0.2, 0) is 6.54 Å². The molecule has 0 unspecified atom stereocenters. The van der Waals surface area contributed by atoms with E-state index in [1.54, 1.807) is 35.1 Å². The zero-order valence-electron chi connectivity index (χ0n) is 18.4. The molecule has 0 spiro atoms. The van der Waals surface area contributed by atoms with E-state index in [4.69, 9.17) is 4.74 Å². The lowest BCUT2D eigenvalue weighted by atomic mass is 10.1. The lowest BCUT2D eigenvalue weighted by Crippen LogP contribution is -2.24. The highest BCUT2D eigenvalue weighted by atomic mass is 16.5. The Morgan fingerprint density at radius 3 is 2.59 bits per heavy atom. The molecule has 0 bridgehead atoms. The first kappa shape index (κ1) is 21.1. The monoisotopic (exact) mass is 451 g/mol. The molecule has 5 aromatic rings. The van der Waals surface area contributed by atoms with Crippen molar-refractivity contribution in [1.82, 2.24) is 34.8 Å². The molecule has 2 aromatic carbocycles. The molecule has 1 amide bonds. The summed E-state index contributed by atoms with van der Waals surface area (Å²) in [5.41, 5.74) is 3.67. The first-order valence-electron chi connectivity index (χ1n) is 10.6. The molecule has 168 valence electrons. The molecule has 9 heteroatoms. The summed E-state index contributed by atoms with van der Waals surface area (Å²) >= 11 is 0. The Bertz CT molecular complexity index is 1400. The largest absolute Gasteiger partial charge is 0.497 e. The third-order valence-electron chi connectivity index (χ3n) is 5.27.